The Kier molecular flexibility index (Phi) is 5.35. The van der Waals surface area contributed by atoms with Crippen molar-refractivity contribution in [2.24, 2.45) is 5.73 Å². The number of nitro groups is 1. The van der Waals surface area contributed by atoms with Crippen LogP contribution in [-0.2, 0) is 16.0 Å². The van der Waals surface area contributed by atoms with Crippen LogP contribution in [0.4, 0.5) is 5.69 Å². The summed E-state index contributed by atoms with van der Waals surface area (Å²) in [4.78, 5) is 36.6. The molecule has 1 amide bonds. The highest BCUT2D eigenvalue weighted by molar-refractivity contribution is 6.01. The summed E-state index contributed by atoms with van der Waals surface area (Å²) in [5.41, 5.74) is 5.96. The van der Waals surface area contributed by atoms with Crippen molar-refractivity contribution in [1.82, 2.24) is 4.98 Å². The normalized spacial score (nSPS) is 10.6. The van der Waals surface area contributed by atoms with Crippen LogP contribution in [0.25, 0.3) is 10.9 Å². The molecule has 0 saturated carbocycles. The van der Waals surface area contributed by atoms with Crippen molar-refractivity contribution in [3.05, 3.63) is 57.8 Å². The van der Waals surface area contributed by atoms with Crippen LogP contribution in [0, 0.1) is 10.1 Å². The number of benzene rings is 2. The van der Waals surface area contributed by atoms with Gasteiger partial charge >= 0.3 is 11.7 Å². The summed E-state index contributed by atoms with van der Waals surface area (Å²) in [5, 5.41) is 11.9. The lowest BCUT2D eigenvalue weighted by atomic mass is 10.1. The number of fused-ring (bicyclic) bond motifs is 1. The second-order valence-corrected chi connectivity index (χ2v) is 6.02. The Balaban J connectivity index is 2.03. The quantitative estimate of drug-likeness (QED) is 0.353. The Morgan fingerprint density at radius 1 is 1.10 bits per heavy atom. The van der Waals surface area contributed by atoms with E-state index >= 15 is 0 Å². The molecule has 2 aromatic carbocycles. The number of H-pyrrole nitrogens is 1. The highest BCUT2D eigenvalue weighted by Crippen LogP contribution is 2.40. The van der Waals surface area contributed by atoms with Gasteiger partial charge in [0.2, 0.25) is 5.75 Å². The van der Waals surface area contributed by atoms with Crippen molar-refractivity contribution in [1.29, 1.82) is 0 Å². The molecule has 0 unspecified atom stereocenters. The summed E-state index contributed by atoms with van der Waals surface area (Å²) in [5.74, 6) is -0.696. The number of aromatic amines is 1. The summed E-state index contributed by atoms with van der Waals surface area (Å²) in [6.07, 6.45) is 0.0402. The van der Waals surface area contributed by atoms with Gasteiger partial charge in [0.05, 0.1) is 36.5 Å². The van der Waals surface area contributed by atoms with Gasteiger partial charge in [-0.05, 0) is 35.9 Å². The number of hydrogen-bond acceptors (Lipinski definition) is 7. The molecular formula is C19H17N3O7. The zero-order valence-corrected chi connectivity index (χ0v) is 15.6. The summed E-state index contributed by atoms with van der Waals surface area (Å²) in [7, 11) is 2.70. The third-order valence-corrected chi connectivity index (χ3v) is 4.21. The first kappa shape index (κ1) is 19.7. The van der Waals surface area contributed by atoms with Crippen LogP contribution >= 0.6 is 0 Å². The average Bonchev–Trinajstić information content (AvgIpc) is 3.13. The minimum atomic E-state index is -0.735. The van der Waals surface area contributed by atoms with Gasteiger partial charge in [-0.3, -0.25) is 19.7 Å². The summed E-state index contributed by atoms with van der Waals surface area (Å²) in [6, 6.07) is 9.00. The van der Waals surface area contributed by atoms with Crippen LogP contribution in [0.5, 0.6) is 17.2 Å². The van der Waals surface area contributed by atoms with Crippen LogP contribution < -0.4 is 15.2 Å². The van der Waals surface area contributed by atoms with Crippen molar-refractivity contribution in [3.8, 4) is 17.2 Å². The Morgan fingerprint density at radius 2 is 1.83 bits per heavy atom. The van der Waals surface area contributed by atoms with Crippen molar-refractivity contribution in [2.75, 3.05) is 14.2 Å². The SMILES string of the molecule is COC(=O)Cc1ccc(Oc2ccc3[nH]c(C(N)=O)cc3c2[N+](=O)[O-])c(OC)c1. The lowest BCUT2D eigenvalue weighted by Crippen LogP contribution is -2.10. The van der Waals surface area contributed by atoms with Crippen molar-refractivity contribution in [2.45, 2.75) is 6.42 Å². The number of carbonyl (C=O) groups excluding carboxylic acids is 2. The largest absolute Gasteiger partial charge is 0.493 e. The summed E-state index contributed by atoms with van der Waals surface area (Å²) >= 11 is 0. The number of rotatable bonds is 7. The van der Waals surface area contributed by atoms with Crippen LogP contribution in [0.3, 0.4) is 0 Å². The Bertz CT molecular complexity index is 1120. The van der Waals surface area contributed by atoms with E-state index < -0.39 is 16.8 Å². The van der Waals surface area contributed by atoms with E-state index in [-0.39, 0.29) is 40.4 Å². The lowest BCUT2D eigenvalue weighted by molar-refractivity contribution is -0.383. The van der Waals surface area contributed by atoms with E-state index in [1.165, 1.54) is 32.4 Å². The molecule has 0 radical (unpaired) electrons. The van der Waals surface area contributed by atoms with Gasteiger partial charge in [0, 0.05) is 0 Å². The molecule has 10 heteroatoms. The number of ether oxygens (including phenoxy) is 3. The number of aromatic nitrogens is 1. The van der Waals surface area contributed by atoms with Gasteiger partial charge in [-0.2, -0.15) is 0 Å². The Morgan fingerprint density at radius 3 is 2.45 bits per heavy atom. The first-order valence-electron chi connectivity index (χ1n) is 8.35. The van der Waals surface area contributed by atoms with Crippen LogP contribution in [-0.4, -0.2) is 36.0 Å². The molecular weight excluding hydrogens is 382 g/mol. The third kappa shape index (κ3) is 3.95. The van der Waals surface area contributed by atoms with Crippen LogP contribution in [0.1, 0.15) is 16.1 Å². The number of nitro benzene ring substituents is 1. The highest BCUT2D eigenvalue weighted by atomic mass is 16.6. The molecule has 0 saturated heterocycles. The topological polar surface area (TPSA) is 147 Å². The molecule has 1 aromatic heterocycles. The molecule has 0 spiro atoms. The molecule has 0 bridgehead atoms. The maximum absolute atomic E-state index is 11.7. The molecule has 150 valence electrons. The van der Waals surface area contributed by atoms with E-state index in [9.17, 15) is 19.7 Å². The second-order valence-electron chi connectivity index (χ2n) is 6.02. The number of methoxy groups -OCH3 is 2. The Hall–Kier alpha value is -4.08. The molecule has 0 atom stereocenters. The lowest BCUT2D eigenvalue weighted by Gasteiger charge is -2.12. The third-order valence-electron chi connectivity index (χ3n) is 4.21. The number of nitrogens with one attached hydrogen (secondary N) is 1. The maximum atomic E-state index is 11.7. The van der Waals surface area contributed by atoms with Gasteiger partial charge in [-0.15, -0.1) is 0 Å². The van der Waals surface area contributed by atoms with Crippen molar-refractivity contribution < 1.29 is 28.7 Å². The number of nitrogens with zero attached hydrogens (tertiary/aromatic N) is 1. The van der Waals surface area contributed by atoms with E-state index in [4.69, 9.17) is 15.2 Å². The van der Waals surface area contributed by atoms with Gasteiger partial charge in [0.25, 0.3) is 5.91 Å². The van der Waals surface area contributed by atoms with E-state index in [2.05, 4.69) is 9.72 Å². The molecule has 0 aliphatic rings. The zero-order chi connectivity index (χ0) is 21.1. The van der Waals surface area contributed by atoms with E-state index in [0.717, 1.165) is 0 Å². The predicted molar refractivity (Wildman–Crippen MR) is 102 cm³/mol. The summed E-state index contributed by atoms with van der Waals surface area (Å²) in [6.45, 7) is 0. The minimum Gasteiger partial charge on any atom is -0.493 e. The van der Waals surface area contributed by atoms with Gasteiger partial charge < -0.3 is 24.9 Å². The molecule has 0 aliphatic heterocycles. The molecule has 3 rings (SSSR count). The van der Waals surface area contributed by atoms with Crippen LogP contribution in [0.2, 0.25) is 0 Å². The van der Waals surface area contributed by atoms with E-state index in [1.54, 1.807) is 18.2 Å². The Labute approximate surface area is 164 Å². The average molecular weight is 399 g/mol. The molecule has 3 aromatic rings. The molecule has 0 aliphatic carbocycles. The van der Waals surface area contributed by atoms with Crippen LogP contribution in [0.15, 0.2) is 36.4 Å². The fourth-order valence-electron chi connectivity index (χ4n) is 2.84. The monoisotopic (exact) mass is 399 g/mol. The van der Waals surface area contributed by atoms with Gasteiger partial charge in [0.1, 0.15) is 5.69 Å². The number of amides is 1. The van der Waals surface area contributed by atoms with Gasteiger partial charge in [0.15, 0.2) is 11.5 Å². The number of hydrogen-bond donors (Lipinski definition) is 2. The number of nitrogens with two attached hydrogens (primary N) is 1. The standard InChI is InChI=1S/C19H17N3O7/c1-27-16-7-10(8-17(23)28-2)3-5-14(16)29-15-6-4-12-11(18(15)22(25)26)9-13(21-12)19(20)24/h3-7,9,21H,8H2,1-2H3,(H2,20,24). The van der Waals surface area contributed by atoms with Crippen molar-refractivity contribution in [3.63, 3.8) is 0 Å². The van der Waals surface area contributed by atoms with Crippen molar-refractivity contribution >= 4 is 28.5 Å². The van der Waals surface area contributed by atoms with E-state index in [0.29, 0.717) is 11.1 Å². The first-order chi connectivity index (χ1) is 13.8. The highest BCUT2D eigenvalue weighted by Gasteiger charge is 2.24. The molecule has 3 N–H and O–H groups in total. The number of carbonyl (C=O) groups is 2. The minimum absolute atomic E-state index is 0.0402. The first-order valence-corrected chi connectivity index (χ1v) is 8.35. The van der Waals surface area contributed by atoms with Gasteiger partial charge in [-0.25, -0.2) is 0 Å². The zero-order valence-electron chi connectivity index (χ0n) is 15.6. The fourth-order valence-corrected chi connectivity index (χ4v) is 2.84. The maximum Gasteiger partial charge on any atom is 0.320 e. The molecule has 10 nitrogen and oxygen atoms in total. The fraction of sp³-hybridized carbons (Fsp3) is 0.158. The predicted octanol–water partition coefficient (Wildman–Crippen LogP) is 2.69. The molecule has 29 heavy (non-hydrogen) atoms. The number of esters is 1. The smallest absolute Gasteiger partial charge is 0.320 e. The van der Waals surface area contributed by atoms with E-state index in [1.807, 2.05) is 0 Å². The molecule has 1 heterocycles. The van der Waals surface area contributed by atoms with Gasteiger partial charge in [-0.1, -0.05) is 6.07 Å². The summed E-state index contributed by atoms with van der Waals surface area (Å²) < 4.78 is 15.7. The molecule has 0 fully saturated rings. The number of primary amides is 1. The second kappa shape index (κ2) is 7.89.